The van der Waals surface area contributed by atoms with Crippen LogP contribution in [-0.4, -0.2) is 35.5 Å². The molecule has 3 heterocycles. The van der Waals surface area contributed by atoms with Gasteiger partial charge in [0.15, 0.2) is 18.2 Å². The average Bonchev–Trinajstić information content (AvgIpc) is 2.87. The van der Waals surface area contributed by atoms with Gasteiger partial charge in [-0.25, -0.2) is 4.99 Å². The predicted octanol–water partition coefficient (Wildman–Crippen LogP) is 2.85. The highest BCUT2D eigenvalue weighted by Gasteiger charge is 2.24. The van der Waals surface area contributed by atoms with Crippen LogP contribution in [0.4, 0.5) is 5.69 Å². The van der Waals surface area contributed by atoms with E-state index in [9.17, 15) is 9.59 Å². The second-order valence-corrected chi connectivity index (χ2v) is 8.54. The SMILES string of the molecule is Cc1cncc(C(=O)NNC(=O)C2Nc3ccc(cc3)/C(N)=N\COc3cc2ccc3OC(C)C)c1. The number of ether oxygens (including phenoxy) is 2. The van der Waals surface area contributed by atoms with Gasteiger partial charge in [-0.3, -0.25) is 25.4 Å². The first-order valence-electron chi connectivity index (χ1n) is 11.4. The lowest BCUT2D eigenvalue weighted by atomic mass is 10.0. The summed E-state index contributed by atoms with van der Waals surface area (Å²) in [4.78, 5) is 34.1. The maximum Gasteiger partial charge on any atom is 0.271 e. The summed E-state index contributed by atoms with van der Waals surface area (Å²) >= 11 is 0. The van der Waals surface area contributed by atoms with Crippen molar-refractivity contribution < 1.29 is 19.1 Å². The second kappa shape index (κ2) is 10.8. The number of fused-ring (bicyclic) bond motifs is 5. The fourth-order valence-corrected chi connectivity index (χ4v) is 3.58. The van der Waals surface area contributed by atoms with Crippen molar-refractivity contribution in [1.82, 2.24) is 15.8 Å². The van der Waals surface area contributed by atoms with Crippen molar-refractivity contribution in [2.24, 2.45) is 10.7 Å². The third-order valence-corrected chi connectivity index (χ3v) is 5.31. The molecule has 36 heavy (non-hydrogen) atoms. The van der Waals surface area contributed by atoms with Crippen LogP contribution in [0.2, 0.25) is 0 Å². The molecule has 3 aromatic rings. The lowest BCUT2D eigenvalue weighted by Gasteiger charge is -2.22. The van der Waals surface area contributed by atoms with E-state index in [-0.39, 0.29) is 12.8 Å². The number of nitrogens with one attached hydrogen (secondary N) is 3. The quantitative estimate of drug-likeness (QED) is 0.414. The highest BCUT2D eigenvalue weighted by atomic mass is 16.5. The number of hydrogen-bond acceptors (Lipinski definition) is 8. The van der Waals surface area contributed by atoms with E-state index in [4.69, 9.17) is 15.2 Å². The number of nitrogens with two attached hydrogens (primary N) is 1. The summed E-state index contributed by atoms with van der Waals surface area (Å²) < 4.78 is 11.7. The fourth-order valence-electron chi connectivity index (χ4n) is 3.58. The number of benzene rings is 2. The van der Waals surface area contributed by atoms with Gasteiger partial charge in [0, 0.05) is 23.6 Å². The molecule has 10 nitrogen and oxygen atoms in total. The topological polar surface area (TPSA) is 140 Å². The molecule has 1 atom stereocenters. The Hall–Kier alpha value is -4.60. The molecule has 0 saturated carbocycles. The maximum atomic E-state index is 13.3. The Morgan fingerprint density at radius 3 is 2.61 bits per heavy atom. The maximum absolute atomic E-state index is 13.3. The zero-order valence-corrected chi connectivity index (χ0v) is 20.2. The number of aliphatic imine (C=N–C) groups is 1. The van der Waals surface area contributed by atoms with Crippen molar-refractivity contribution >= 4 is 23.3 Å². The van der Waals surface area contributed by atoms with Gasteiger partial charge >= 0.3 is 0 Å². The minimum Gasteiger partial charge on any atom is -0.487 e. The van der Waals surface area contributed by atoms with Crippen LogP contribution >= 0.6 is 0 Å². The molecule has 2 aliphatic rings. The number of hydrazine groups is 1. The van der Waals surface area contributed by atoms with Gasteiger partial charge in [-0.2, -0.15) is 0 Å². The van der Waals surface area contributed by atoms with E-state index in [1.807, 2.05) is 20.8 Å². The molecule has 1 unspecified atom stereocenters. The van der Waals surface area contributed by atoms with Crippen LogP contribution in [0.1, 0.15) is 46.9 Å². The third kappa shape index (κ3) is 5.90. The van der Waals surface area contributed by atoms with Crippen LogP contribution < -0.4 is 31.4 Å². The molecule has 10 heteroatoms. The molecule has 2 aromatic carbocycles. The van der Waals surface area contributed by atoms with Gasteiger partial charge in [-0.05, 0) is 74.4 Å². The smallest absolute Gasteiger partial charge is 0.271 e. The number of aryl methyl sites for hydroxylation is 1. The van der Waals surface area contributed by atoms with Crippen LogP contribution in [0.5, 0.6) is 11.5 Å². The minimum absolute atomic E-state index is 0.0314. The number of pyridine rings is 1. The molecule has 0 aliphatic carbocycles. The van der Waals surface area contributed by atoms with E-state index in [0.29, 0.717) is 39.7 Å². The lowest BCUT2D eigenvalue weighted by Crippen LogP contribution is -2.45. The largest absolute Gasteiger partial charge is 0.487 e. The van der Waals surface area contributed by atoms with Crippen molar-refractivity contribution in [3.63, 3.8) is 0 Å². The Morgan fingerprint density at radius 2 is 1.89 bits per heavy atom. The van der Waals surface area contributed by atoms with Gasteiger partial charge in [0.05, 0.1) is 11.7 Å². The van der Waals surface area contributed by atoms with Gasteiger partial charge in [-0.15, -0.1) is 0 Å². The Kier molecular flexibility index (Phi) is 7.33. The van der Waals surface area contributed by atoms with Crippen molar-refractivity contribution in [3.05, 3.63) is 83.2 Å². The van der Waals surface area contributed by atoms with Crippen LogP contribution in [0.25, 0.3) is 0 Å². The van der Waals surface area contributed by atoms with E-state index in [0.717, 1.165) is 5.56 Å². The number of carbonyl (C=O) groups excluding carboxylic acids is 2. The number of anilines is 1. The summed E-state index contributed by atoms with van der Waals surface area (Å²) in [6.07, 6.45) is 2.98. The molecular weight excluding hydrogens is 460 g/mol. The van der Waals surface area contributed by atoms with Crippen molar-refractivity contribution in [1.29, 1.82) is 0 Å². The number of amides is 2. The van der Waals surface area contributed by atoms with Gasteiger partial charge in [-0.1, -0.05) is 6.07 Å². The zero-order chi connectivity index (χ0) is 25.7. The van der Waals surface area contributed by atoms with Crippen molar-refractivity contribution in [3.8, 4) is 11.5 Å². The van der Waals surface area contributed by atoms with Crippen LogP contribution in [-0.2, 0) is 4.79 Å². The molecule has 0 saturated heterocycles. The first-order valence-corrected chi connectivity index (χ1v) is 11.4. The summed E-state index contributed by atoms with van der Waals surface area (Å²) in [6, 6.07) is 13.2. The molecule has 186 valence electrons. The molecular formula is C26H28N6O4. The average molecular weight is 489 g/mol. The molecule has 1 aromatic heterocycles. The summed E-state index contributed by atoms with van der Waals surface area (Å²) in [7, 11) is 0. The van der Waals surface area contributed by atoms with E-state index < -0.39 is 17.9 Å². The van der Waals surface area contributed by atoms with Gasteiger partial charge in [0.2, 0.25) is 0 Å². The Labute approximate surface area is 208 Å². The van der Waals surface area contributed by atoms with Crippen LogP contribution in [0.3, 0.4) is 0 Å². The van der Waals surface area contributed by atoms with Crippen molar-refractivity contribution in [2.75, 3.05) is 12.0 Å². The summed E-state index contributed by atoms with van der Waals surface area (Å²) in [5.41, 5.74) is 14.2. The fraction of sp³-hybridized carbons (Fsp3) is 0.231. The molecule has 2 aliphatic heterocycles. The lowest BCUT2D eigenvalue weighted by molar-refractivity contribution is -0.122. The van der Waals surface area contributed by atoms with Gasteiger partial charge in [0.25, 0.3) is 11.8 Å². The first kappa shape index (κ1) is 24.5. The van der Waals surface area contributed by atoms with Gasteiger partial charge in [0.1, 0.15) is 11.9 Å². The van der Waals surface area contributed by atoms with Crippen LogP contribution in [0.15, 0.2) is 65.9 Å². The van der Waals surface area contributed by atoms with E-state index >= 15 is 0 Å². The number of carbonyl (C=O) groups is 2. The molecule has 5 rings (SSSR count). The predicted molar refractivity (Wildman–Crippen MR) is 136 cm³/mol. The van der Waals surface area contributed by atoms with Crippen molar-refractivity contribution in [2.45, 2.75) is 32.9 Å². The zero-order valence-electron chi connectivity index (χ0n) is 20.2. The number of hydrogen-bond donors (Lipinski definition) is 4. The highest BCUT2D eigenvalue weighted by Crippen LogP contribution is 2.33. The first-order chi connectivity index (χ1) is 17.3. The molecule has 0 fully saturated rings. The molecule has 0 radical (unpaired) electrons. The monoisotopic (exact) mass is 488 g/mol. The van der Waals surface area contributed by atoms with Gasteiger partial charge < -0.3 is 20.5 Å². The number of nitrogens with zero attached hydrogens (tertiary/aromatic N) is 2. The molecule has 4 bridgehead atoms. The normalized spacial score (nSPS) is 16.2. The number of amidine groups is 1. The third-order valence-electron chi connectivity index (χ3n) is 5.31. The summed E-state index contributed by atoms with van der Waals surface area (Å²) in [6.45, 7) is 5.61. The Bertz CT molecular complexity index is 1290. The minimum atomic E-state index is -0.874. The molecule has 5 N–H and O–H groups in total. The highest BCUT2D eigenvalue weighted by molar-refractivity contribution is 5.98. The van der Waals surface area contributed by atoms with Crippen LogP contribution in [0, 0.1) is 6.92 Å². The van der Waals surface area contributed by atoms with E-state index in [2.05, 4.69) is 26.1 Å². The molecule has 2 amide bonds. The Morgan fingerprint density at radius 1 is 1.11 bits per heavy atom. The standard InChI is InChI=1S/C26H28N6O4/c1-15(2)36-21-9-6-18-11-22(21)35-14-29-24(27)17-4-7-20(8-5-17)30-23(18)26(34)32-31-25(33)19-10-16(3)12-28-13-19/h4-13,15,23,30H,14H2,1-3H3,(H2,27,29)(H,31,33)(H,32,34). The summed E-state index contributed by atoms with van der Waals surface area (Å²) in [5, 5.41) is 3.21. The Balaban J connectivity index is 1.64. The number of aromatic nitrogens is 1. The second-order valence-electron chi connectivity index (χ2n) is 8.54. The van der Waals surface area contributed by atoms with E-state index in [1.165, 1.54) is 6.20 Å². The summed E-state index contributed by atoms with van der Waals surface area (Å²) in [5.74, 6) is 0.282. The number of rotatable bonds is 4. The molecule has 0 spiro atoms. The van der Waals surface area contributed by atoms with E-state index in [1.54, 1.807) is 54.7 Å².